The monoisotopic (exact) mass is 292 g/mol. The zero-order valence-corrected chi connectivity index (χ0v) is 13.1. The number of nitrogens with two attached hydrogens (primary N) is 1. The highest BCUT2D eigenvalue weighted by atomic mass is 16.6. The van der Waals surface area contributed by atoms with Gasteiger partial charge in [-0.05, 0) is 33.3 Å². The topological polar surface area (TPSA) is 64.8 Å². The second-order valence-electron chi connectivity index (χ2n) is 6.31. The van der Waals surface area contributed by atoms with Gasteiger partial charge in [0.2, 0.25) is 0 Å². The Bertz CT molecular complexity index is 510. The van der Waals surface area contributed by atoms with Crippen LogP contribution in [-0.2, 0) is 4.74 Å². The third-order valence-corrected chi connectivity index (χ3v) is 3.53. The van der Waals surface area contributed by atoms with Crippen LogP contribution in [0.5, 0.6) is 5.75 Å². The number of rotatable bonds is 2. The standard InChI is InChI=1S/C16H24N2O3/c1-16(2,3)21-15(19)18-10-9-12(17)14(18)11-7-5-6-8-13(11)20-4/h5-8,12,14H,9-10,17H2,1-4H3/t12-,14-/m1/s1. The van der Waals surface area contributed by atoms with Gasteiger partial charge in [-0.3, -0.25) is 4.90 Å². The molecule has 0 bridgehead atoms. The van der Waals surface area contributed by atoms with E-state index in [0.717, 1.165) is 17.7 Å². The Labute approximate surface area is 126 Å². The fourth-order valence-electron chi connectivity index (χ4n) is 2.65. The molecule has 21 heavy (non-hydrogen) atoms. The van der Waals surface area contributed by atoms with E-state index < -0.39 is 5.60 Å². The molecule has 2 N–H and O–H groups in total. The van der Waals surface area contributed by atoms with Gasteiger partial charge >= 0.3 is 6.09 Å². The van der Waals surface area contributed by atoms with E-state index in [4.69, 9.17) is 15.2 Å². The molecule has 5 nitrogen and oxygen atoms in total. The van der Waals surface area contributed by atoms with Crippen molar-refractivity contribution in [2.24, 2.45) is 5.73 Å². The van der Waals surface area contributed by atoms with E-state index in [0.29, 0.717) is 6.54 Å². The third kappa shape index (κ3) is 3.47. The van der Waals surface area contributed by atoms with Crippen molar-refractivity contribution in [1.82, 2.24) is 4.90 Å². The van der Waals surface area contributed by atoms with Crippen LogP contribution in [0.1, 0.15) is 38.8 Å². The van der Waals surface area contributed by atoms with E-state index >= 15 is 0 Å². The number of likely N-dealkylation sites (tertiary alicyclic amines) is 1. The highest BCUT2D eigenvalue weighted by Gasteiger charge is 2.39. The minimum atomic E-state index is -0.519. The number of benzene rings is 1. The smallest absolute Gasteiger partial charge is 0.410 e. The molecule has 0 unspecified atom stereocenters. The summed E-state index contributed by atoms with van der Waals surface area (Å²) in [6, 6.07) is 7.33. The Kier molecular flexibility index (Phi) is 4.42. The Morgan fingerprint density at radius 2 is 2.00 bits per heavy atom. The summed E-state index contributed by atoms with van der Waals surface area (Å²) in [5.74, 6) is 0.744. The average Bonchev–Trinajstić information content (AvgIpc) is 2.78. The summed E-state index contributed by atoms with van der Waals surface area (Å²) in [6.45, 7) is 6.18. The van der Waals surface area contributed by atoms with Crippen LogP contribution in [0.15, 0.2) is 24.3 Å². The molecule has 0 aliphatic carbocycles. The summed E-state index contributed by atoms with van der Waals surface area (Å²) >= 11 is 0. The van der Waals surface area contributed by atoms with Crippen molar-refractivity contribution in [2.45, 2.75) is 44.9 Å². The predicted octanol–water partition coefficient (Wildman–Crippen LogP) is 2.70. The van der Waals surface area contributed by atoms with Crippen molar-refractivity contribution in [3.8, 4) is 5.75 Å². The summed E-state index contributed by atoms with van der Waals surface area (Å²) in [7, 11) is 1.62. The lowest BCUT2D eigenvalue weighted by atomic mass is 10.00. The number of carbonyl (C=O) groups is 1. The van der Waals surface area contributed by atoms with Gasteiger partial charge in [0.15, 0.2) is 0 Å². The van der Waals surface area contributed by atoms with E-state index in [1.807, 2.05) is 45.0 Å². The summed E-state index contributed by atoms with van der Waals surface area (Å²) in [6.07, 6.45) is 0.424. The number of methoxy groups -OCH3 is 1. The Morgan fingerprint density at radius 3 is 2.62 bits per heavy atom. The molecule has 0 radical (unpaired) electrons. The second-order valence-corrected chi connectivity index (χ2v) is 6.31. The van der Waals surface area contributed by atoms with Crippen molar-refractivity contribution in [3.05, 3.63) is 29.8 Å². The van der Waals surface area contributed by atoms with Gasteiger partial charge in [0.1, 0.15) is 11.4 Å². The van der Waals surface area contributed by atoms with Crippen LogP contribution in [0.2, 0.25) is 0 Å². The molecular formula is C16H24N2O3. The number of hydrogen-bond acceptors (Lipinski definition) is 4. The first-order chi connectivity index (χ1) is 9.83. The number of carbonyl (C=O) groups excluding carboxylic acids is 1. The molecule has 2 atom stereocenters. The van der Waals surface area contributed by atoms with E-state index in [-0.39, 0.29) is 18.2 Å². The summed E-state index contributed by atoms with van der Waals surface area (Å²) in [5, 5.41) is 0. The minimum Gasteiger partial charge on any atom is -0.496 e. The zero-order chi connectivity index (χ0) is 15.6. The molecule has 1 amide bonds. The van der Waals surface area contributed by atoms with Crippen LogP contribution >= 0.6 is 0 Å². The Morgan fingerprint density at radius 1 is 1.33 bits per heavy atom. The molecule has 5 heteroatoms. The van der Waals surface area contributed by atoms with Crippen LogP contribution in [0.25, 0.3) is 0 Å². The van der Waals surface area contributed by atoms with Gasteiger partial charge in [-0.25, -0.2) is 4.79 Å². The Balaban J connectivity index is 2.29. The maximum absolute atomic E-state index is 12.4. The highest BCUT2D eigenvalue weighted by Crippen LogP contribution is 2.37. The molecule has 1 aliphatic rings. The molecule has 1 aromatic carbocycles. The van der Waals surface area contributed by atoms with E-state index in [1.165, 1.54) is 0 Å². The zero-order valence-electron chi connectivity index (χ0n) is 13.1. The van der Waals surface area contributed by atoms with Crippen LogP contribution in [0, 0.1) is 0 Å². The number of hydrogen-bond donors (Lipinski definition) is 1. The van der Waals surface area contributed by atoms with Gasteiger partial charge in [0, 0.05) is 18.2 Å². The van der Waals surface area contributed by atoms with Gasteiger partial charge in [-0.15, -0.1) is 0 Å². The van der Waals surface area contributed by atoms with Crippen molar-refractivity contribution in [2.75, 3.05) is 13.7 Å². The molecule has 0 aromatic heterocycles. The summed E-state index contributed by atoms with van der Waals surface area (Å²) in [5.41, 5.74) is 6.63. The lowest BCUT2D eigenvalue weighted by molar-refractivity contribution is 0.0217. The number of para-hydroxylation sites is 1. The van der Waals surface area contributed by atoms with Crippen molar-refractivity contribution < 1.29 is 14.3 Å². The van der Waals surface area contributed by atoms with Crippen LogP contribution in [0.3, 0.4) is 0 Å². The van der Waals surface area contributed by atoms with Crippen molar-refractivity contribution in [1.29, 1.82) is 0 Å². The number of amides is 1. The number of nitrogens with zero attached hydrogens (tertiary/aromatic N) is 1. The quantitative estimate of drug-likeness (QED) is 0.910. The van der Waals surface area contributed by atoms with E-state index in [2.05, 4.69) is 0 Å². The number of ether oxygens (including phenoxy) is 2. The third-order valence-electron chi connectivity index (χ3n) is 3.53. The second kappa shape index (κ2) is 5.93. The SMILES string of the molecule is COc1ccccc1[C@@H]1[C@H](N)CCN1C(=O)OC(C)(C)C. The molecule has 0 spiro atoms. The minimum absolute atomic E-state index is 0.117. The van der Waals surface area contributed by atoms with Crippen molar-refractivity contribution in [3.63, 3.8) is 0 Å². The molecule has 1 saturated heterocycles. The van der Waals surface area contributed by atoms with Gasteiger partial charge in [0.05, 0.1) is 13.2 Å². The normalized spacial score (nSPS) is 22.2. The molecular weight excluding hydrogens is 268 g/mol. The van der Waals surface area contributed by atoms with E-state index in [9.17, 15) is 4.79 Å². The largest absolute Gasteiger partial charge is 0.496 e. The van der Waals surface area contributed by atoms with Gasteiger partial charge < -0.3 is 15.2 Å². The predicted molar refractivity (Wildman–Crippen MR) is 81.3 cm³/mol. The maximum atomic E-state index is 12.4. The molecule has 1 aliphatic heterocycles. The fraction of sp³-hybridized carbons (Fsp3) is 0.562. The van der Waals surface area contributed by atoms with Gasteiger partial charge in [-0.1, -0.05) is 18.2 Å². The first-order valence-corrected chi connectivity index (χ1v) is 7.21. The Hall–Kier alpha value is -1.75. The molecule has 1 fully saturated rings. The molecule has 1 heterocycles. The van der Waals surface area contributed by atoms with Crippen LogP contribution in [0.4, 0.5) is 4.79 Å². The van der Waals surface area contributed by atoms with Gasteiger partial charge in [0.25, 0.3) is 0 Å². The first-order valence-electron chi connectivity index (χ1n) is 7.21. The van der Waals surface area contributed by atoms with Crippen LogP contribution < -0.4 is 10.5 Å². The summed E-state index contributed by atoms with van der Waals surface area (Å²) < 4.78 is 10.9. The van der Waals surface area contributed by atoms with Gasteiger partial charge in [-0.2, -0.15) is 0 Å². The molecule has 0 saturated carbocycles. The highest BCUT2D eigenvalue weighted by molar-refractivity contribution is 5.70. The van der Waals surface area contributed by atoms with E-state index in [1.54, 1.807) is 12.0 Å². The molecule has 116 valence electrons. The van der Waals surface area contributed by atoms with Crippen LogP contribution in [-0.4, -0.2) is 36.3 Å². The maximum Gasteiger partial charge on any atom is 0.410 e. The molecule has 2 rings (SSSR count). The average molecular weight is 292 g/mol. The summed E-state index contributed by atoms with van der Waals surface area (Å²) in [4.78, 5) is 14.1. The lowest BCUT2D eigenvalue weighted by Crippen LogP contribution is -2.39. The molecule has 1 aromatic rings. The lowest BCUT2D eigenvalue weighted by Gasteiger charge is -2.30. The fourth-order valence-corrected chi connectivity index (χ4v) is 2.65. The first kappa shape index (κ1) is 15.6. The van der Waals surface area contributed by atoms with Crippen molar-refractivity contribution >= 4 is 6.09 Å².